The van der Waals surface area contributed by atoms with Crippen molar-refractivity contribution in [1.29, 1.82) is 0 Å². The fraction of sp³-hybridized carbons (Fsp3) is 0.909. The lowest BCUT2D eigenvalue weighted by Crippen LogP contribution is -2.51. The molecule has 1 amide bonds. The first kappa shape index (κ1) is 9.97. The van der Waals surface area contributed by atoms with Crippen molar-refractivity contribution in [2.75, 3.05) is 13.6 Å². The van der Waals surface area contributed by atoms with Crippen molar-refractivity contribution in [3.8, 4) is 0 Å². The molecule has 80 valence electrons. The Kier molecular flexibility index (Phi) is 3.06. The predicted molar refractivity (Wildman–Crippen MR) is 55.9 cm³/mol. The third kappa shape index (κ3) is 1.92. The van der Waals surface area contributed by atoms with E-state index in [1.165, 1.54) is 25.7 Å². The summed E-state index contributed by atoms with van der Waals surface area (Å²) in [5.41, 5.74) is 0. The number of fused-ring (bicyclic) bond motifs is 1. The van der Waals surface area contributed by atoms with E-state index >= 15 is 0 Å². The molecule has 2 N–H and O–H groups in total. The van der Waals surface area contributed by atoms with E-state index in [0.29, 0.717) is 0 Å². The van der Waals surface area contributed by atoms with Gasteiger partial charge in [-0.25, -0.2) is 0 Å². The average molecular weight is 196 g/mol. The molecule has 1 saturated heterocycles. The van der Waals surface area contributed by atoms with E-state index in [-0.39, 0.29) is 11.9 Å². The van der Waals surface area contributed by atoms with Gasteiger partial charge in [-0.3, -0.25) is 4.79 Å². The molecule has 1 aliphatic heterocycles. The first-order valence-electron chi connectivity index (χ1n) is 5.76. The predicted octanol–water partition coefficient (Wildman–Crippen LogP) is 0.901. The van der Waals surface area contributed by atoms with Crippen molar-refractivity contribution in [3.63, 3.8) is 0 Å². The van der Waals surface area contributed by atoms with Gasteiger partial charge >= 0.3 is 0 Å². The maximum absolute atomic E-state index is 11.5. The Bertz CT molecular complexity index is 217. The zero-order valence-corrected chi connectivity index (χ0v) is 8.88. The summed E-state index contributed by atoms with van der Waals surface area (Å²) in [7, 11) is 1.72. The zero-order chi connectivity index (χ0) is 9.97. The van der Waals surface area contributed by atoms with Crippen LogP contribution in [0.25, 0.3) is 0 Å². The summed E-state index contributed by atoms with van der Waals surface area (Å²) in [6.45, 7) is 1.04. The molecule has 3 atom stereocenters. The molecule has 2 aliphatic rings. The normalized spacial score (nSPS) is 37.4. The molecular formula is C11H20N2O. The van der Waals surface area contributed by atoms with Crippen LogP contribution in [0, 0.1) is 11.8 Å². The first-order valence-corrected chi connectivity index (χ1v) is 5.76. The standard InChI is InChI=1S/C11H20N2O/c1-12-11(14)10-6-8-4-2-3-5-9(8)7-13-10/h8-10,13H,2-7H2,1H3,(H,12,14)/t8-,9+,10?/m0/s1. The van der Waals surface area contributed by atoms with Gasteiger partial charge in [-0.15, -0.1) is 0 Å². The summed E-state index contributed by atoms with van der Waals surface area (Å²) in [4.78, 5) is 11.5. The van der Waals surface area contributed by atoms with E-state index in [0.717, 1.165) is 24.8 Å². The van der Waals surface area contributed by atoms with Crippen LogP contribution in [0.15, 0.2) is 0 Å². The van der Waals surface area contributed by atoms with Crippen LogP contribution in [0.4, 0.5) is 0 Å². The number of piperidine rings is 1. The molecule has 3 nitrogen and oxygen atoms in total. The van der Waals surface area contributed by atoms with Crippen molar-refractivity contribution in [2.45, 2.75) is 38.1 Å². The zero-order valence-electron chi connectivity index (χ0n) is 8.88. The van der Waals surface area contributed by atoms with Gasteiger partial charge in [-0.1, -0.05) is 19.3 Å². The van der Waals surface area contributed by atoms with Crippen molar-refractivity contribution < 1.29 is 4.79 Å². The Morgan fingerprint density at radius 1 is 1.29 bits per heavy atom. The van der Waals surface area contributed by atoms with E-state index in [4.69, 9.17) is 0 Å². The molecule has 0 aromatic carbocycles. The second kappa shape index (κ2) is 4.30. The number of carbonyl (C=O) groups is 1. The van der Waals surface area contributed by atoms with Gasteiger partial charge in [-0.05, 0) is 31.2 Å². The fourth-order valence-electron chi connectivity index (χ4n) is 2.92. The van der Waals surface area contributed by atoms with Crippen molar-refractivity contribution in [2.24, 2.45) is 11.8 Å². The molecule has 0 spiro atoms. The number of amides is 1. The molecular weight excluding hydrogens is 176 g/mol. The van der Waals surface area contributed by atoms with Crippen LogP contribution in [0.2, 0.25) is 0 Å². The van der Waals surface area contributed by atoms with Crippen molar-refractivity contribution in [3.05, 3.63) is 0 Å². The summed E-state index contributed by atoms with van der Waals surface area (Å²) in [5, 5.41) is 6.09. The minimum atomic E-state index is 0.0688. The van der Waals surface area contributed by atoms with E-state index < -0.39 is 0 Å². The molecule has 0 bridgehead atoms. The molecule has 1 saturated carbocycles. The third-order valence-electron chi connectivity index (χ3n) is 3.79. The average Bonchev–Trinajstić information content (AvgIpc) is 2.27. The fourth-order valence-corrected chi connectivity index (χ4v) is 2.92. The van der Waals surface area contributed by atoms with Crippen LogP contribution in [0.3, 0.4) is 0 Å². The van der Waals surface area contributed by atoms with Crippen LogP contribution >= 0.6 is 0 Å². The Morgan fingerprint density at radius 2 is 2.00 bits per heavy atom. The minimum absolute atomic E-state index is 0.0688. The summed E-state index contributed by atoms with van der Waals surface area (Å²) < 4.78 is 0. The highest BCUT2D eigenvalue weighted by Gasteiger charge is 2.34. The van der Waals surface area contributed by atoms with Gasteiger partial charge in [0.15, 0.2) is 0 Å². The van der Waals surface area contributed by atoms with Crippen LogP contribution in [0.5, 0.6) is 0 Å². The number of likely N-dealkylation sites (N-methyl/N-ethyl adjacent to an activating group) is 1. The number of rotatable bonds is 1. The van der Waals surface area contributed by atoms with Crippen LogP contribution in [-0.2, 0) is 4.79 Å². The lowest BCUT2D eigenvalue weighted by molar-refractivity contribution is -0.124. The van der Waals surface area contributed by atoms with Gasteiger partial charge < -0.3 is 10.6 Å². The molecule has 14 heavy (non-hydrogen) atoms. The number of nitrogens with one attached hydrogen (secondary N) is 2. The van der Waals surface area contributed by atoms with E-state index in [1.54, 1.807) is 7.05 Å². The summed E-state index contributed by atoms with van der Waals surface area (Å²) in [6, 6.07) is 0.0688. The van der Waals surface area contributed by atoms with Crippen LogP contribution in [-0.4, -0.2) is 25.5 Å². The Morgan fingerprint density at radius 3 is 2.71 bits per heavy atom. The molecule has 3 heteroatoms. The van der Waals surface area contributed by atoms with Crippen LogP contribution < -0.4 is 10.6 Å². The Balaban J connectivity index is 1.92. The highest BCUT2D eigenvalue weighted by molar-refractivity contribution is 5.81. The Hall–Kier alpha value is -0.570. The first-order chi connectivity index (χ1) is 6.81. The lowest BCUT2D eigenvalue weighted by Gasteiger charge is -2.39. The Labute approximate surface area is 85.6 Å². The molecule has 2 fully saturated rings. The van der Waals surface area contributed by atoms with Crippen molar-refractivity contribution in [1.82, 2.24) is 10.6 Å². The highest BCUT2D eigenvalue weighted by atomic mass is 16.2. The van der Waals surface area contributed by atoms with Gasteiger partial charge in [0, 0.05) is 7.05 Å². The number of carbonyl (C=O) groups excluding carboxylic acids is 1. The SMILES string of the molecule is CNC(=O)C1C[C@@H]2CCCC[C@@H]2CN1. The van der Waals surface area contributed by atoms with Gasteiger partial charge in [-0.2, -0.15) is 0 Å². The maximum Gasteiger partial charge on any atom is 0.236 e. The molecule has 0 radical (unpaired) electrons. The second-order valence-corrected chi connectivity index (χ2v) is 4.62. The number of hydrogen-bond acceptors (Lipinski definition) is 2. The van der Waals surface area contributed by atoms with E-state index in [1.807, 2.05) is 0 Å². The van der Waals surface area contributed by atoms with Crippen molar-refractivity contribution >= 4 is 5.91 Å². The molecule has 2 rings (SSSR count). The molecule has 1 heterocycles. The van der Waals surface area contributed by atoms with Gasteiger partial charge in [0.25, 0.3) is 0 Å². The second-order valence-electron chi connectivity index (χ2n) is 4.62. The molecule has 1 unspecified atom stereocenters. The summed E-state index contributed by atoms with van der Waals surface area (Å²) in [6.07, 6.45) is 6.48. The van der Waals surface area contributed by atoms with Gasteiger partial charge in [0.1, 0.15) is 0 Å². The third-order valence-corrected chi connectivity index (χ3v) is 3.79. The molecule has 0 aromatic heterocycles. The maximum atomic E-state index is 11.5. The minimum Gasteiger partial charge on any atom is -0.358 e. The van der Waals surface area contributed by atoms with Gasteiger partial charge in [0.2, 0.25) is 5.91 Å². The molecule has 0 aromatic rings. The van der Waals surface area contributed by atoms with Crippen LogP contribution in [0.1, 0.15) is 32.1 Å². The summed E-state index contributed by atoms with van der Waals surface area (Å²) >= 11 is 0. The highest BCUT2D eigenvalue weighted by Crippen LogP contribution is 2.35. The topological polar surface area (TPSA) is 41.1 Å². The summed E-state index contributed by atoms with van der Waals surface area (Å²) in [5.74, 6) is 1.80. The smallest absolute Gasteiger partial charge is 0.236 e. The number of hydrogen-bond donors (Lipinski definition) is 2. The van der Waals surface area contributed by atoms with Gasteiger partial charge in [0.05, 0.1) is 6.04 Å². The monoisotopic (exact) mass is 196 g/mol. The quantitative estimate of drug-likeness (QED) is 0.654. The lowest BCUT2D eigenvalue weighted by atomic mass is 9.73. The largest absolute Gasteiger partial charge is 0.358 e. The molecule has 1 aliphatic carbocycles. The van der Waals surface area contributed by atoms with E-state index in [2.05, 4.69) is 10.6 Å². The van der Waals surface area contributed by atoms with E-state index in [9.17, 15) is 4.79 Å².